The van der Waals surface area contributed by atoms with E-state index in [0.29, 0.717) is 11.6 Å². The Balaban J connectivity index is 2.11. The van der Waals surface area contributed by atoms with Gasteiger partial charge < -0.3 is 5.32 Å². The highest BCUT2D eigenvalue weighted by molar-refractivity contribution is 7.10. The molecule has 3 heteroatoms. The lowest BCUT2D eigenvalue weighted by atomic mass is 9.94. The Labute approximate surface area is 115 Å². The Hall–Kier alpha value is -0.380. The molecule has 1 saturated heterocycles. The minimum absolute atomic E-state index is 0.293. The molecule has 1 aromatic rings. The van der Waals surface area contributed by atoms with Gasteiger partial charge in [-0.15, -0.1) is 11.3 Å². The summed E-state index contributed by atoms with van der Waals surface area (Å²) in [5, 5.41) is 5.89. The molecule has 1 fully saturated rings. The number of piperazine rings is 1. The lowest BCUT2D eigenvalue weighted by Gasteiger charge is -2.44. The van der Waals surface area contributed by atoms with Gasteiger partial charge in [-0.3, -0.25) is 4.90 Å². The molecule has 1 aliphatic heterocycles. The van der Waals surface area contributed by atoms with Crippen LogP contribution in [0.5, 0.6) is 0 Å². The van der Waals surface area contributed by atoms with E-state index in [1.54, 1.807) is 0 Å². The third-order valence-electron chi connectivity index (χ3n) is 4.16. The third kappa shape index (κ3) is 3.14. The Morgan fingerprint density at radius 2 is 2.33 bits per heavy atom. The molecule has 2 nitrogen and oxygen atoms in total. The number of rotatable bonds is 5. The summed E-state index contributed by atoms with van der Waals surface area (Å²) in [6.45, 7) is 10.4. The second-order valence-corrected chi connectivity index (χ2v) is 6.61. The van der Waals surface area contributed by atoms with Gasteiger partial charge in [-0.2, -0.15) is 0 Å². The van der Waals surface area contributed by atoms with Crippen molar-refractivity contribution in [2.24, 2.45) is 0 Å². The van der Waals surface area contributed by atoms with E-state index >= 15 is 0 Å². The average molecular weight is 266 g/mol. The normalized spacial score (nSPS) is 27.3. The van der Waals surface area contributed by atoms with E-state index in [4.69, 9.17) is 0 Å². The van der Waals surface area contributed by atoms with Gasteiger partial charge in [-0.1, -0.05) is 26.3 Å². The average Bonchev–Trinajstić information content (AvgIpc) is 2.89. The predicted molar refractivity (Wildman–Crippen MR) is 80.2 cm³/mol. The molecule has 2 rings (SSSR count). The molecule has 2 heterocycles. The maximum absolute atomic E-state index is 3.68. The lowest BCUT2D eigenvalue weighted by molar-refractivity contribution is 0.0940. The maximum Gasteiger partial charge on any atom is 0.0442 e. The zero-order valence-electron chi connectivity index (χ0n) is 11.9. The van der Waals surface area contributed by atoms with Crippen molar-refractivity contribution in [2.45, 2.75) is 51.6 Å². The summed E-state index contributed by atoms with van der Waals surface area (Å²) in [5.41, 5.74) is 0.293. The summed E-state index contributed by atoms with van der Waals surface area (Å²) >= 11 is 1.91. The van der Waals surface area contributed by atoms with E-state index in [9.17, 15) is 0 Å². The Morgan fingerprint density at radius 3 is 2.94 bits per heavy atom. The van der Waals surface area contributed by atoms with Crippen molar-refractivity contribution in [1.29, 1.82) is 0 Å². The minimum atomic E-state index is 0.293. The predicted octanol–water partition coefficient (Wildman–Crippen LogP) is 3.66. The van der Waals surface area contributed by atoms with Gasteiger partial charge in [0.05, 0.1) is 0 Å². The smallest absolute Gasteiger partial charge is 0.0442 e. The maximum atomic E-state index is 3.68. The highest BCUT2D eigenvalue weighted by Crippen LogP contribution is 2.31. The summed E-state index contributed by atoms with van der Waals surface area (Å²) < 4.78 is 0. The van der Waals surface area contributed by atoms with Gasteiger partial charge in [0.15, 0.2) is 0 Å². The van der Waals surface area contributed by atoms with Crippen LogP contribution in [0, 0.1) is 0 Å². The summed E-state index contributed by atoms with van der Waals surface area (Å²) in [5.74, 6) is 0. The number of nitrogens with zero attached hydrogens (tertiary/aromatic N) is 1. The van der Waals surface area contributed by atoms with Crippen LogP contribution >= 0.6 is 11.3 Å². The van der Waals surface area contributed by atoms with Crippen molar-refractivity contribution in [3.05, 3.63) is 22.4 Å². The van der Waals surface area contributed by atoms with Crippen LogP contribution in [0.1, 0.15) is 51.0 Å². The molecule has 1 N–H and O–H groups in total. The van der Waals surface area contributed by atoms with Gasteiger partial charge in [0.1, 0.15) is 0 Å². The molecule has 1 aliphatic rings. The standard InChI is InChI=1S/C15H26N2S/c1-4-7-13(14-8-6-11-18-14)17-10-9-16-15(3,5-2)12-17/h6,8,11,13,16H,4-5,7,9-10,12H2,1-3H3. The van der Waals surface area contributed by atoms with E-state index in [2.05, 4.69) is 48.5 Å². The van der Waals surface area contributed by atoms with Crippen LogP contribution in [0.3, 0.4) is 0 Å². The molecule has 2 atom stereocenters. The van der Waals surface area contributed by atoms with Crippen LogP contribution in [-0.4, -0.2) is 30.1 Å². The minimum Gasteiger partial charge on any atom is -0.309 e. The third-order valence-corrected chi connectivity index (χ3v) is 5.13. The van der Waals surface area contributed by atoms with E-state index in [0.717, 1.165) is 6.54 Å². The molecule has 0 bridgehead atoms. The SMILES string of the molecule is CCCC(c1cccs1)N1CCNC(C)(CC)C1. The fraction of sp³-hybridized carbons (Fsp3) is 0.733. The van der Waals surface area contributed by atoms with Gasteiger partial charge in [-0.05, 0) is 31.2 Å². The van der Waals surface area contributed by atoms with E-state index in [1.807, 2.05) is 11.3 Å². The van der Waals surface area contributed by atoms with Crippen molar-refractivity contribution < 1.29 is 0 Å². The molecule has 0 amide bonds. The van der Waals surface area contributed by atoms with E-state index < -0.39 is 0 Å². The van der Waals surface area contributed by atoms with Gasteiger partial charge in [0.25, 0.3) is 0 Å². The second kappa shape index (κ2) is 6.18. The van der Waals surface area contributed by atoms with E-state index in [-0.39, 0.29) is 0 Å². The Bertz CT molecular complexity index is 349. The fourth-order valence-corrected chi connectivity index (χ4v) is 3.74. The quantitative estimate of drug-likeness (QED) is 0.875. The number of thiophene rings is 1. The zero-order chi connectivity index (χ0) is 13.0. The van der Waals surface area contributed by atoms with Crippen LogP contribution in [0.2, 0.25) is 0 Å². The molecule has 102 valence electrons. The Kier molecular flexibility index (Phi) is 4.82. The number of hydrogen-bond donors (Lipinski definition) is 1. The van der Waals surface area contributed by atoms with Crippen molar-refractivity contribution in [3.63, 3.8) is 0 Å². The first kappa shape index (κ1) is 14.0. The summed E-state index contributed by atoms with van der Waals surface area (Å²) in [7, 11) is 0. The topological polar surface area (TPSA) is 15.3 Å². The van der Waals surface area contributed by atoms with Crippen LogP contribution in [-0.2, 0) is 0 Å². The van der Waals surface area contributed by atoms with Gasteiger partial charge in [-0.25, -0.2) is 0 Å². The lowest BCUT2D eigenvalue weighted by Crippen LogP contribution is -2.58. The molecule has 0 spiro atoms. The molecule has 0 saturated carbocycles. The summed E-state index contributed by atoms with van der Waals surface area (Å²) in [6.07, 6.45) is 3.74. The molecule has 2 unspecified atom stereocenters. The first-order valence-electron chi connectivity index (χ1n) is 7.21. The second-order valence-electron chi connectivity index (χ2n) is 5.63. The van der Waals surface area contributed by atoms with Crippen LogP contribution < -0.4 is 5.32 Å². The van der Waals surface area contributed by atoms with Crippen molar-refractivity contribution in [2.75, 3.05) is 19.6 Å². The largest absolute Gasteiger partial charge is 0.309 e. The fourth-order valence-electron chi connectivity index (χ4n) is 2.85. The Morgan fingerprint density at radius 1 is 1.50 bits per heavy atom. The highest BCUT2D eigenvalue weighted by atomic mass is 32.1. The van der Waals surface area contributed by atoms with Crippen LogP contribution in [0.15, 0.2) is 17.5 Å². The van der Waals surface area contributed by atoms with Gasteiger partial charge in [0.2, 0.25) is 0 Å². The molecular weight excluding hydrogens is 240 g/mol. The molecule has 0 radical (unpaired) electrons. The zero-order valence-corrected chi connectivity index (χ0v) is 12.7. The summed E-state index contributed by atoms with van der Waals surface area (Å²) in [4.78, 5) is 4.23. The molecular formula is C15H26N2S. The van der Waals surface area contributed by atoms with Crippen LogP contribution in [0.25, 0.3) is 0 Å². The first-order chi connectivity index (χ1) is 8.68. The van der Waals surface area contributed by atoms with Crippen molar-refractivity contribution >= 4 is 11.3 Å². The molecule has 18 heavy (non-hydrogen) atoms. The molecule has 0 aromatic carbocycles. The molecule has 0 aliphatic carbocycles. The summed E-state index contributed by atoms with van der Waals surface area (Å²) in [6, 6.07) is 5.11. The van der Waals surface area contributed by atoms with Crippen LogP contribution in [0.4, 0.5) is 0 Å². The number of hydrogen-bond acceptors (Lipinski definition) is 3. The highest BCUT2D eigenvalue weighted by Gasteiger charge is 2.32. The van der Waals surface area contributed by atoms with Gasteiger partial charge in [0, 0.05) is 36.1 Å². The van der Waals surface area contributed by atoms with Crippen molar-refractivity contribution in [1.82, 2.24) is 10.2 Å². The number of nitrogens with one attached hydrogen (secondary N) is 1. The monoisotopic (exact) mass is 266 g/mol. The molecule has 1 aromatic heterocycles. The first-order valence-corrected chi connectivity index (χ1v) is 8.09. The van der Waals surface area contributed by atoms with Crippen molar-refractivity contribution in [3.8, 4) is 0 Å². The van der Waals surface area contributed by atoms with Gasteiger partial charge >= 0.3 is 0 Å². The van der Waals surface area contributed by atoms with E-state index in [1.165, 1.54) is 37.2 Å².